The summed E-state index contributed by atoms with van der Waals surface area (Å²) < 4.78 is 32.5. The van der Waals surface area contributed by atoms with E-state index in [9.17, 15) is 18.0 Å². The maximum absolute atomic E-state index is 12.5. The zero-order valence-corrected chi connectivity index (χ0v) is 19.6. The number of halogens is 1. The van der Waals surface area contributed by atoms with E-state index in [1.54, 1.807) is 17.5 Å². The van der Waals surface area contributed by atoms with Gasteiger partial charge in [-0.15, -0.1) is 11.3 Å². The van der Waals surface area contributed by atoms with Crippen LogP contribution < -0.4 is 10.0 Å². The van der Waals surface area contributed by atoms with E-state index in [4.69, 9.17) is 16.3 Å². The molecule has 1 aromatic heterocycles. The zero-order valence-electron chi connectivity index (χ0n) is 17.2. The summed E-state index contributed by atoms with van der Waals surface area (Å²) in [7, 11) is -3.96. The molecule has 0 bridgehead atoms. The third-order valence-corrected chi connectivity index (χ3v) is 6.92. The topological polar surface area (TPSA) is 114 Å². The van der Waals surface area contributed by atoms with Crippen molar-refractivity contribution in [3.05, 3.63) is 64.6 Å². The Kier molecular flexibility index (Phi) is 7.62. The summed E-state index contributed by atoms with van der Waals surface area (Å²) in [6, 6.07) is 11.7. The largest absolute Gasteiger partial charge is 0.458 e. The van der Waals surface area contributed by atoms with Gasteiger partial charge in [-0.05, 0) is 43.3 Å². The third kappa shape index (κ3) is 6.36. The molecule has 0 aliphatic heterocycles. The predicted octanol–water partition coefficient (Wildman–Crippen LogP) is 3.83. The van der Waals surface area contributed by atoms with E-state index in [2.05, 4.69) is 15.0 Å². The minimum Gasteiger partial charge on any atom is -0.458 e. The number of thiazole rings is 1. The van der Waals surface area contributed by atoms with Gasteiger partial charge < -0.3 is 10.1 Å². The molecular formula is C21H20ClN3O5S2. The number of carbonyl (C=O) groups is 2. The second-order valence-electron chi connectivity index (χ2n) is 6.81. The van der Waals surface area contributed by atoms with Gasteiger partial charge in [-0.2, -0.15) is 4.72 Å². The Morgan fingerprint density at radius 3 is 2.41 bits per heavy atom. The van der Waals surface area contributed by atoms with Gasteiger partial charge in [0.2, 0.25) is 15.9 Å². The van der Waals surface area contributed by atoms with Crippen molar-refractivity contribution >= 4 is 50.5 Å². The molecule has 0 spiro atoms. The summed E-state index contributed by atoms with van der Waals surface area (Å²) in [6.45, 7) is 2.66. The van der Waals surface area contributed by atoms with E-state index in [-0.39, 0.29) is 17.4 Å². The van der Waals surface area contributed by atoms with Gasteiger partial charge in [0.1, 0.15) is 17.7 Å². The van der Waals surface area contributed by atoms with Gasteiger partial charge in [0, 0.05) is 28.6 Å². The molecule has 0 aliphatic rings. The molecule has 8 nitrogen and oxygen atoms in total. The van der Waals surface area contributed by atoms with Crippen LogP contribution in [0.15, 0.2) is 58.8 Å². The molecule has 3 rings (SSSR count). The Hall–Kier alpha value is -2.79. The number of sulfonamides is 1. The Labute approximate surface area is 194 Å². The molecule has 0 aliphatic carbocycles. The number of ether oxygens (including phenoxy) is 1. The highest BCUT2D eigenvalue weighted by molar-refractivity contribution is 7.89. The summed E-state index contributed by atoms with van der Waals surface area (Å²) in [6.07, 6.45) is 0. The van der Waals surface area contributed by atoms with E-state index < -0.39 is 22.0 Å². The molecule has 1 amide bonds. The maximum atomic E-state index is 12.5. The standard InChI is InChI=1S/C21H20ClN3O5S2/c1-13(25-32(28,29)19-9-7-17(8-10-19)23-14(2)26)21(27)30-11-18-12-31-20(24-18)15-3-5-16(22)6-4-15/h3-10,12-13,25H,11H2,1-2H3,(H,23,26)/t13-/m0/s1. The fraction of sp³-hybridized carbons (Fsp3) is 0.190. The molecular weight excluding hydrogens is 474 g/mol. The predicted molar refractivity (Wildman–Crippen MR) is 123 cm³/mol. The van der Waals surface area contributed by atoms with Crippen molar-refractivity contribution in [1.29, 1.82) is 0 Å². The Bertz CT molecular complexity index is 1210. The summed E-state index contributed by atoms with van der Waals surface area (Å²) in [5, 5.41) is 5.70. The SMILES string of the molecule is CC(=O)Nc1ccc(S(=O)(=O)N[C@@H](C)C(=O)OCc2csc(-c3ccc(Cl)cc3)n2)cc1. The summed E-state index contributed by atoms with van der Waals surface area (Å²) in [4.78, 5) is 27.7. The lowest BCUT2D eigenvalue weighted by Gasteiger charge is -2.13. The number of nitrogens with one attached hydrogen (secondary N) is 2. The second-order valence-corrected chi connectivity index (χ2v) is 9.82. The summed E-state index contributed by atoms with van der Waals surface area (Å²) >= 11 is 7.29. The number of anilines is 1. The van der Waals surface area contributed by atoms with Crippen LogP contribution in [0.2, 0.25) is 5.02 Å². The molecule has 1 heterocycles. The molecule has 3 aromatic rings. The van der Waals surface area contributed by atoms with Gasteiger partial charge in [-0.25, -0.2) is 13.4 Å². The van der Waals surface area contributed by atoms with Crippen molar-refractivity contribution in [1.82, 2.24) is 9.71 Å². The number of carbonyl (C=O) groups excluding carboxylic acids is 2. The molecule has 1 atom stereocenters. The first-order valence-electron chi connectivity index (χ1n) is 9.41. The van der Waals surface area contributed by atoms with Crippen molar-refractivity contribution in [3.8, 4) is 10.6 Å². The second kappa shape index (κ2) is 10.2. The Morgan fingerprint density at radius 1 is 1.12 bits per heavy atom. The first kappa shape index (κ1) is 23.9. The lowest BCUT2D eigenvalue weighted by atomic mass is 10.2. The number of nitrogens with zero attached hydrogens (tertiary/aromatic N) is 1. The quantitative estimate of drug-likeness (QED) is 0.461. The van der Waals surface area contributed by atoms with E-state index in [1.807, 2.05) is 12.1 Å². The summed E-state index contributed by atoms with van der Waals surface area (Å²) in [5.41, 5.74) is 1.91. The first-order valence-corrected chi connectivity index (χ1v) is 12.1. The van der Waals surface area contributed by atoms with Gasteiger partial charge in [0.25, 0.3) is 0 Å². The maximum Gasteiger partial charge on any atom is 0.324 e. The molecule has 32 heavy (non-hydrogen) atoms. The smallest absolute Gasteiger partial charge is 0.324 e. The number of amides is 1. The molecule has 2 aromatic carbocycles. The van der Waals surface area contributed by atoms with Crippen LogP contribution in [0.5, 0.6) is 0 Å². The van der Waals surface area contributed by atoms with Crippen LogP contribution in [0, 0.1) is 0 Å². The Morgan fingerprint density at radius 2 is 1.78 bits per heavy atom. The van der Waals surface area contributed by atoms with E-state index >= 15 is 0 Å². The van der Waals surface area contributed by atoms with Crippen LogP contribution in [0.4, 0.5) is 5.69 Å². The molecule has 11 heteroatoms. The lowest BCUT2D eigenvalue weighted by molar-refractivity contribution is -0.146. The minimum atomic E-state index is -3.96. The number of esters is 1. The van der Waals surface area contributed by atoms with Gasteiger partial charge in [0.15, 0.2) is 0 Å². The highest BCUT2D eigenvalue weighted by atomic mass is 35.5. The van der Waals surface area contributed by atoms with Crippen LogP contribution in [-0.4, -0.2) is 31.3 Å². The van der Waals surface area contributed by atoms with Gasteiger partial charge in [0.05, 0.1) is 10.6 Å². The van der Waals surface area contributed by atoms with Crippen molar-refractivity contribution < 1.29 is 22.7 Å². The van der Waals surface area contributed by atoms with Crippen LogP contribution >= 0.6 is 22.9 Å². The summed E-state index contributed by atoms with van der Waals surface area (Å²) in [5.74, 6) is -1.00. The normalized spacial score (nSPS) is 12.2. The van der Waals surface area contributed by atoms with Crippen LogP contribution in [-0.2, 0) is 31.0 Å². The first-order chi connectivity index (χ1) is 15.1. The number of benzene rings is 2. The van der Waals surface area contributed by atoms with Gasteiger partial charge in [-0.1, -0.05) is 23.7 Å². The lowest BCUT2D eigenvalue weighted by Crippen LogP contribution is -2.39. The number of aromatic nitrogens is 1. The van der Waals surface area contributed by atoms with E-state index in [0.29, 0.717) is 16.4 Å². The molecule has 0 unspecified atom stereocenters. The Balaban J connectivity index is 1.56. The van der Waals surface area contributed by atoms with Gasteiger partial charge in [-0.3, -0.25) is 9.59 Å². The molecule has 168 valence electrons. The number of hydrogen-bond donors (Lipinski definition) is 2. The van der Waals surface area contributed by atoms with Crippen LogP contribution in [0.25, 0.3) is 10.6 Å². The third-order valence-electron chi connectivity index (χ3n) is 4.18. The van der Waals surface area contributed by atoms with Crippen molar-refractivity contribution in [2.45, 2.75) is 31.4 Å². The highest BCUT2D eigenvalue weighted by Gasteiger charge is 2.23. The van der Waals surface area contributed by atoms with E-state index in [1.165, 1.54) is 49.4 Å². The zero-order chi connectivity index (χ0) is 23.3. The van der Waals surface area contributed by atoms with Crippen molar-refractivity contribution in [2.75, 3.05) is 5.32 Å². The van der Waals surface area contributed by atoms with Gasteiger partial charge >= 0.3 is 5.97 Å². The van der Waals surface area contributed by atoms with Crippen LogP contribution in [0.3, 0.4) is 0 Å². The van der Waals surface area contributed by atoms with Crippen molar-refractivity contribution in [3.63, 3.8) is 0 Å². The highest BCUT2D eigenvalue weighted by Crippen LogP contribution is 2.25. The monoisotopic (exact) mass is 493 g/mol. The number of rotatable bonds is 8. The minimum absolute atomic E-state index is 0.0432. The molecule has 0 radical (unpaired) electrons. The average Bonchev–Trinajstić information content (AvgIpc) is 3.21. The molecule has 0 saturated carbocycles. The molecule has 0 fully saturated rings. The van der Waals surface area contributed by atoms with Crippen LogP contribution in [0.1, 0.15) is 19.5 Å². The van der Waals surface area contributed by atoms with Crippen molar-refractivity contribution in [2.24, 2.45) is 0 Å². The number of hydrogen-bond acceptors (Lipinski definition) is 7. The fourth-order valence-electron chi connectivity index (χ4n) is 2.64. The van der Waals surface area contributed by atoms with E-state index in [0.717, 1.165) is 10.6 Å². The fourth-order valence-corrected chi connectivity index (χ4v) is 4.77. The molecule has 0 saturated heterocycles. The molecule has 2 N–H and O–H groups in total. The average molecular weight is 494 g/mol.